The summed E-state index contributed by atoms with van der Waals surface area (Å²) in [4.78, 5) is 9.59. The van der Waals surface area contributed by atoms with Crippen molar-refractivity contribution in [2.24, 2.45) is 7.05 Å². The van der Waals surface area contributed by atoms with E-state index in [2.05, 4.69) is 17.2 Å². The molecular formula is C19H16N4. The second-order valence-electron chi connectivity index (χ2n) is 5.54. The van der Waals surface area contributed by atoms with Gasteiger partial charge in [0.15, 0.2) is 11.5 Å². The zero-order chi connectivity index (χ0) is 15.8. The molecule has 4 aromatic rings. The average molecular weight is 300 g/mol. The molecule has 0 atom stereocenters. The fourth-order valence-electron chi connectivity index (χ4n) is 2.86. The minimum atomic E-state index is 0.722. The Balaban J connectivity index is 2.07. The smallest absolute Gasteiger partial charge is 0.162 e. The zero-order valence-corrected chi connectivity index (χ0v) is 13.1. The second kappa shape index (κ2) is 5.32. The van der Waals surface area contributed by atoms with E-state index in [4.69, 9.17) is 9.97 Å². The predicted octanol–water partition coefficient (Wildman–Crippen LogP) is 4.01. The van der Waals surface area contributed by atoms with Crippen molar-refractivity contribution in [3.8, 4) is 22.6 Å². The minimum absolute atomic E-state index is 0.722. The summed E-state index contributed by atoms with van der Waals surface area (Å²) in [6, 6.07) is 20.3. The fraction of sp³-hybridized carbons (Fsp3) is 0.105. The lowest BCUT2D eigenvalue weighted by Gasteiger charge is -2.07. The maximum atomic E-state index is 4.85. The highest BCUT2D eigenvalue weighted by Gasteiger charge is 2.16. The average Bonchev–Trinajstić information content (AvgIpc) is 2.90. The van der Waals surface area contributed by atoms with E-state index in [0.717, 1.165) is 39.4 Å². The number of hydrogen-bond donors (Lipinski definition) is 0. The Hall–Kier alpha value is -3.01. The van der Waals surface area contributed by atoms with Crippen LogP contribution in [0.3, 0.4) is 0 Å². The van der Waals surface area contributed by atoms with Crippen molar-refractivity contribution in [3.63, 3.8) is 0 Å². The minimum Gasteiger partial charge on any atom is -0.250 e. The van der Waals surface area contributed by atoms with Crippen molar-refractivity contribution in [2.75, 3.05) is 0 Å². The van der Waals surface area contributed by atoms with Gasteiger partial charge in [0.2, 0.25) is 0 Å². The Morgan fingerprint density at radius 3 is 2.04 bits per heavy atom. The van der Waals surface area contributed by atoms with Crippen LogP contribution >= 0.6 is 0 Å². The number of rotatable bonds is 2. The van der Waals surface area contributed by atoms with Gasteiger partial charge in [-0.2, -0.15) is 5.10 Å². The molecule has 0 amide bonds. The summed E-state index contributed by atoms with van der Waals surface area (Å²) in [5.41, 5.74) is 4.81. The van der Waals surface area contributed by atoms with Crippen LogP contribution < -0.4 is 0 Å². The first-order chi connectivity index (χ1) is 11.2. The molecule has 2 aromatic heterocycles. The molecule has 0 aliphatic heterocycles. The second-order valence-corrected chi connectivity index (χ2v) is 5.54. The van der Waals surface area contributed by atoms with Crippen LogP contribution in [-0.2, 0) is 7.05 Å². The monoisotopic (exact) mass is 300 g/mol. The lowest BCUT2D eigenvalue weighted by atomic mass is 10.1. The Labute approximate surface area is 134 Å². The molecule has 0 fully saturated rings. The van der Waals surface area contributed by atoms with E-state index in [1.54, 1.807) is 0 Å². The van der Waals surface area contributed by atoms with E-state index >= 15 is 0 Å². The van der Waals surface area contributed by atoms with Crippen LogP contribution in [0.1, 0.15) is 5.69 Å². The van der Waals surface area contributed by atoms with Gasteiger partial charge in [-0.1, -0.05) is 60.7 Å². The van der Waals surface area contributed by atoms with Gasteiger partial charge in [-0.15, -0.1) is 0 Å². The third-order valence-corrected chi connectivity index (χ3v) is 3.94. The molecule has 2 heterocycles. The quantitative estimate of drug-likeness (QED) is 0.562. The van der Waals surface area contributed by atoms with Crippen LogP contribution in [0.25, 0.3) is 33.7 Å². The first-order valence-electron chi connectivity index (χ1n) is 7.56. The molecule has 0 bridgehead atoms. The topological polar surface area (TPSA) is 43.6 Å². The van der Waals surface area contributed by atoms with Gasteiger partial charge < -0.3 is 0 Å². The lowest BCUT2D eigenvalue weighted by Crippen LogP contribution is -1.97. The van der Waals surface area contributed by atoms with Crippen molar-refractivity contribution >= 4 is 11.0 Å². The van der Waals surface area contributed by atoms with E-state index in [-0.39, 0.29) is 0 Å². The number of benzene rings is 2. The predicted molar refractivity (Wildman–Crippen MR) is 91.9 cm³/mol. The summed E-state index contributed by atoms with van der Waals surface area (Å²) in [6.45, 7) is 2.00. The van der Waals surface area contributed by atoms with Crippen molar-refractivity contribution in [2.45, 2.75) is 6.92 Å². The lowest BCUT2D eigenvalue weighted by molar-refractivity contribution is 0.773. The third-order valence-electron chi connectivity index (χ3n) is 3.94. The van der Waals surface area contributed by atoms with Gasteiger partial charge in [-0.05, 0) is 6.92 Å². The Morgan fingerprint density at radius 2 is 1.39 bits per heavy atom. The SMILES string of the molecule is Cc1nn(C)c2nc(-c3ccccc3)nc(-c3ccccc3)c12. The molecule has 2 aromatic carbocycles. The molecule has 0 aliphatic carbocycles. The molecule has 0 saturated heterocycles. The molecule has 0 N–H and O–H groups in total. The highest BCUT2D eigenvalue weighted by molar-refractivity contribution is 5.93. The Kier molecular flexibility index (Phi) is 3.15. The van der Waals surface area contributed by atoms with Gasteiger partial charge >= 0.3 is 0 Å². The van der Waals surface area contributed by atoms with E-state index in [1.807, 2.05) is 67.2 Å². The maximum Gasteiger partial charge on any atom is 0.162 e. The van der Waals surface area contributed by atoms with Gasteiger partial charge in [-0.3, -0.25) is 4.68 Å². The van der Waals surface area contributed by atoms with Gasteiger partial charge in [-0.25, -0.2) is 9.97 Å². The van der Waals surface area contributed by atoms with E-state index in [1.165, 1.54) is 0 Å². The normalized spacial score (nSPS) is 11.0. The number of aryl methyl sites for hydroxylation is 2. The van der Waals surface area contributed by atoms with Gasteiger partial charge in [0, 0.05) is 18.2 Å². The van der Waals surface area contributed by atoms with Crippen molar-refractivity contribution < 1.29 is 0 Å². The maximum absolute atomic E-state index is 4.85. The molecule has 112 valence electrons. The highest BCUT2D eigenvalue weighted by atomic mass is 15.3. The Bertz CT molecular complexity index is 973. The van der Waals surface area contributed by atoms with E-state index in [9.17, 15) is 0 Å². The van der Waals surface area contributed by atoms with Crippen LogP contribution in [0.4, 0.5) is 0 Å². The van der Waals surface area contributed by atoms with Crippen LogP contribution in [0, 0.1) is 6.92 Å². The molecule has 0 radical (unpaired) electrons. The van der Waals surface area contributed by atoms with Gasteiger partial charge in [0.1, 0.15) is 0 Å². The molecule has 0 spiro atoms. The summed E-state index contributed by atoms with van der Waals surface area (Å²) in [6.07, 6.45) is 0. The van der Waals surface area contributed by atoms with E-state index in [0.29, 0.717) is 0 Å². The van der Waals surface area contributed by atoms with Crippen LogP contribution in [0.15, 0.2) is 60.7 Å². The molecular weight excluding hydrogens is 284 g/mol. The van der Waals surface area contributed by atoms with Gasteiger partial charge in [0.25, 0.3) is 0 Å². The number of hydrogen-bond acceptors (Lipinski definition) is 3. The van der Waals surface area contributed by atoms with Crippen LogP contribution in [-0.4, -0.2) is 19.7 Å². The Morgan fingerprint density at radius 1 is 0.783 bits per heavy atom. The van der Waals surface area contributed by atoms with E-state index < -0.39 is 0 Å². The summed E-state index contributed by atoms with van der Waals surface area (Å²) in [7, 11) is 1.92. The molecule has 0 saturated carbocycles. The van der Waals surface area contributed by atoms with Crippen LogP contribution in [0.5, 0.6) is 0 Å². The van der Waals surface area contributed by atoms with Crippen molar-refractivity contribution in [3.05, 3.63) is 66.4 Å². The molecule has 23 heavy (non-hydrogen) atoms. The van der Waals surface area contributed by atoms with Crippen molar-refractivity contribution in [1.82, 2.24) is 19.7 Å². The van der Waals surface area contributed by atoms with Crippen molar-refractivity contribution in [1.29, 1.82) is 0 Å². The molecule has 4 rings (SSSR count). The number of nitrogens with zero attached hydrogens (tertiary/aromatic N) is 4. The summed E-state index contributed by atoms with van der Waals surface area (Å²) < 4.78 is 1.82. The first kappa shape index (κ1) is 13.6. The highest BCUT2D eigenvalue weighted by Crippen LogP contribution is 2.30. The molecule has 4 heteroatoms. The largest absolute Gasteiger partial charge is 0.250 e. The fourth-order valence-corrected chi connectivity index (χ4v) is 2.86. The molecule has 4 nitrogen and oxygen atoms in total. The zero-order valence-electron chi connectivity index (χ0n) is 13.1. The number of aromatic nitrogens is 4. The first-order valence-corrected chi connectivity index (χ1v) is 7.56. The van der Waals surface area contributed by atoms with Gasteiger partial charge in [0.05, 0.1) is 16.8 Å². The van der Waals surface area contributed by atoms with Crippen LogP contribution in [0.2, 0.25) is 0 Å². The number of fused-ring (bicyclic) bond motifs is 1. The summed E-state index contributed by atoms with van der Waals surface area (Å²) >= 11 is 0. The summed E-state index contributed by atoms with van der Waals surface area (Å²) in [5.74, 6) is 0.722. The molecule has 0 unspecified atom stereocenters. The summed E-state index contributed by atoms with van der Waals surface area (Å²) in [5, 5.41) is 5.54. The standard InChI is InChI=1S/C19H16N4/c1-13-16-17(14-9-5-3-6-10-14)20-18(15-11-7-4-8-12-15)21-19(16)23(2)22-13/h3-12H,1-2H3. The molecule has 0 aliphatic rings. The third kappa shape index (κ3) is 2.28.